The van der Waals surface area contributed by atoms with E-state index in [1.165, 1.54) is 0 Å². The van der Waals surface area contributed by atoms with E-state index in [0.29, 0.717) is 0 Å². The zero-order chi connectivity index (χ0) is 9.46. The number of rotatable bonds is 0. The molecule has 0 saturated heterocycles. The van der Waals surface area contributed by atoms with Gasteiger partial charge in [0.15, 0.2) is 0 Å². The van der Waals surface area contributed by atoms with Crippen molar-refractivity contribution in [2.24, 2.45) is 0 Å². The van der Waals surface area contributed by atoms with Crippen molar-refractivity contribution in [3.8, 4) is 0 Å². The first-order valence-corrected chi connectivity index (χ1v) is 5.93. The van der Waals surface area contributed by atoms with Gasteiger partial charge < -0.3 is 0 Å². The average molecular weight is 369 g/mol. The summed E-state index contributed by atoms with van der Waals surface area (Å²) in [6.07, 6.45) is 0. The van der Waals surface area contributed by atoms with E-state index in [0.717, 1.165) is 0 Å². The summed E-state index contributed by atoms with van der Waals surface area (Å²) in [7, 11) is 0. The van der Waals surface area contributed by atoms with Crippen molar-refractivity contribution in [2.45, 2.75) is 32.3 Å². The maximum absolute atomic E-state index is 5.88. The zero-order valence-corrected chi connectivity index (χ0v) is 11.5. The second-order valence-electron chi connectivity index (χ2n) is 2.67. The van der Waals surface area contributed by atoms with Crippen LogP contribution in [0.3, 0.4) is 0 Å². The summed E-state index contributed by atoms with van der Waals surface area (Å²) in [5.74, 6) is 0. The van der Waals surface area contributed by atoms with Gasteiger partial charge in [-0.05, 0) is 0 Å². The Morgan fingerprint density at radius 1 is 0.429 bits per heavy atom. The van der Waals surface area contributed by atoms with Crippen LogP contribution in [0.2, 0.25) is 0 Å². The molecule has 0 radical (unpaired) electrons. The fraction of sp³-hybridized carbons (Fsp3) is 1.00. The molecular weight excluding hydrogens is 360 g/mol. The molecule has 0 N–H and O–H groups in total. The van der Waals surface area contributed by atoms with Crippen LogP contribution in [0.15, 0.2) is 0 Å². The molecule has 0 amide bonds. The summed E-state index contributed by atoms with van der Waals surface area (Å²) in [5.41, 5.74) is 0. The van der Waals surface area contributed by atoms with Crippen molar-refractivity contribution in [3.63, 3.8) is 0 Å². The minimum absolute atomic E-state index is 0. The molecule has 0 aromatic rings. The van der Waals surface area contributed by atoms with Crippen molar-refractivity contribution < 1.29 is 0 Å². The van der Waals surface area contributed by atoms with Crippen LogP contribution in [0, 0.1) is 0 Å². The van der Waals surface area contributed by atoms with Crippen LogP contribution < -0.4 is 0 Å². The van der Waals surface area contributed by atoms with Gasteiger partial charge in [0.1, 0.15) is 0 Å². The minimum atomic E-state index is -0.437. The first kappa shape index (κ1) is 19.6. The molecule has 84 valence electrons. The van der Waals surface area contributed by atoms with Crippen molar-refractivity contribution in [1.29, 1.82) is 0 Å². The van der Waals surface area contributed by atoms with E-state index < -0.39 is 32.3 Å². The molecule has 1 rings (SSSR count). The van der Waals surface area contributed by atoms with Crippen molar-refractivity contribution in [3.05, 3.63) is 0 Å². The molecular formula is C6H9CaCl7. The Kier molecular flexibility index (Phi) is 11.8. The first-order valence-electron chi connectivity index (χ1n) is 3.31. The standard InChI is InChI=1S/C6H6Cl6.Ca.ClH.2H/c7-1-2(8)4(10)6(12)5(11)3(1)9;;;;/h1-6H;;1H;;/t1-,2-,3-,4+,5+,6+;;;;. The summed E-state index contributed by atoms with van der Waals surface area (Å²) in [6.45, 7) is 0. The monoisotopic (exact) mass is 366 g/mol. The Bertz CT molecular complexity index is 110. The number of hydrogen-bond acceptors (Lipinski definition) is 0. The van der Waals surface area contributed by atoms with Gasteiger partial charge in [-0.25, -0.2) is 0 Å². The maximum atomic E-state index is 5.88. The van der Waals surface area contributed by atoms with Gasteiger partial charge >= 0.3 is 37.7 Å². The molecule has 0 aliphatic heterocycles. The van der Waals surface area contributed by atoms with E-state index in [-0.39, 0.29) is 50.1 Å². The molecule has 0 spiro atoms. The molecule has 0 bridgehead atoms. The second-order valence-corrected chi connectivity index (χ2v) is 5.69. The fourth-order valence-corrected chi connectivity index (χ4v) is 3.38. The Morgan fingerprint density at radius 2 is 0.500 bits per heavy atom. The number of hydrogen-bond donors (Lipinski definition) is 0. The fourth-order valence-electron chi connectivity index (χ4n) is 1.05. The third kappa shape index (κ3) is 4.19. The Hall–Kier alpha value is 3.29. The quantitative estimate of drug-likeness (QED) is 0.455. The van der Waals surface area contributed by atoms with Crippen molar-refractivity contribution in [1.82, 2.24) is 0 Å². The van der Waals surface area contributed by atoms with Crippen LogP contribution in [0.1, 0.15) is 0 Å². The van der Waals surface area contributed by atoms with E-state index in [4.69, 9.17) is 69.6 Å². The first-order chi connectivity index (χ1) is 5.46. The van der Waals surface area contributed by atoms with E-state index >= 15 is 0 Å². The molecule has 0 nitrogen and oxygen atoms in total. The van der Waals surface area contributed by atoms with Gasteiger partial charge in [-0.3, -0.25) is 0 Å². The molecule has 0 atom stereocenters. The molecule has 1 aliphatic rings. The van der Waals surface area contributed by atoms with E-state index in [9.17, 15) is 0 Å². The van der Waals surface area contributed by atoms with Crippen LogP contribution in [-0.4, -0.2) is 70.0 Å². The molecule has 1 saturated carbocycles. The van der Waals surface area contributed by atoms with Crippen LogP contribution >= 0.6 is 82.0 Å². The number of alkyl halides is 6. The van der Waals surface area contributed by atoms with Gasteiger partial charge in [0, 0.05) is 0 Å². The van der Waals surface area contributed by atoms with Gasteiger partial charge in [0.05, 0.1) is 32.3 Å². The van der Waals surface area contributed by atoms with Crippen molar-refractivity contribution >= 4 is 120 Å². The number of halogens is 7. The summed E-state index contributed by atoms with van der Waals surface area (Å²) >= 11 is 35.3. The van der Waals surface area contributed by atoms with Gasteiger partial charge in [0.25, 0.3) is 0 Å². The molecule has 8 heteroatoms. The van der Waals surface area contributed by atoms with Gasteiger partial charge in [-0.15, -0.1) is 82.0 Å². The summed E-state index contributed by atoms with van der Waals surface area (Å²) in [5, 5.41) is -2.62. The Balaban J connectivity index is 0. The Labute approximate surface area is 150 Å². The molecule has 1 aliphatic carbocycles. The summed E-state index contributed by atoms with van der Waals surface area (Å²) in [6, 6.07) is 0. The van der Waals surface area contributed by atoms with Gasteiger partial charge in [-0.2, -0.15) is 0 Å². The molecule has 0 aromatic carbocycles. The van der Waals surface area contributed by atoms with Gasteiger partial charge in [0.2, 0.25) is 0 Å². The average Bonchev–Trinajstić information content (AvgIpc) is 2.08. The van der Waals surface area contributed by atoms with Crippen LogP contribution in [0.4, 0.5) is 0 Å². The molecule has 0 heterocycles. The van der Waals surface area contributed by atoms with Gasteiger partial charge in [-0.1, -0.05) is 0 Å². The topological polar surface area (TPSA) is 0 Å². The van der Waals surface area contributed by atoms with Crippen LogP contribution in [0.5, 0.6) is 0 Å². The SMILES string of the molecule is Cl.Cl[C@H]1[C@H](Cl)[C@@H](Cl)[C@@H](Cl)[C@H](Cl)[C@H]1Cl.[CaH2]. The Morgan fingerprint density at radius 3 is 0.571 bits per heavy atom. The van der Waals surface area contributed by atoms with Crippen LogP contribution in [0.25, 0.3) is 0 Å². The third-order valence-electron chi connectivity index (χ3n) is 1.83. The molecule has 0 unspecified atom stereocenters. The molecule has 0 aromatic heterocycles. The van der Waals surface area contributed by atoms with E-state index in [1.807, 2.05) is 0 Å². The second kappa shape index (κ2) is 8.40. The normalized spacial score (nSPS) is 47.6. The van der Waals surface area contributed by atoms with Crippen molar-refractivity contribution in [2.75, 3.05) is 0 Å². The zero-order valence-electron chi connectivity index (χ0n) is 6.14. The van der Waals surface area contributed by atoms with Crippen LogP contribution in [-0.2, 0) is 0 Å². The molecule has 14 heavy (non-hydrogen) atoms. The predicted molar refractivity (Wildman–Crippen MR) is 73.6 cm³/mol. The predicted octanol–water partition coefficient (Wildman–Crippen LogP) is 3.15. The summed E-state index contributed by atoms with van der Waals surface area (Å²) in [4.78, 5) is 0. The molecule has 1 fully saturated rings. The summed E-state index contributed by atoms with van der Waals surface area (Å²) < 4.78 is 0. The van der Waals surface area contributed by atoms with E-state index in [1.54, 1.807) is 0 Å². The van der Waals surface area contributed by atoms with E-state index in [2.05, 4.69) is 0 Å². The third-order valence-corrected chi connectivity index (χ3v) is 5.86.